The number of allylic oxidation sites excluding steroid dienone is 1. The first-order chi connectivity index (χ1) is 7.86. The van der Waals surface area contributed by atoms with Crippen LogP contribution >= 0.6 is 11.8 Å². The molecule has 0 aliphatic heterocycles. The topological polar surface area (TPSA) is 9.23 Å². The zero-order valence-corrected chi connectivity index (χ0v) is 12.1. The standard InChI is InChI=1S/C13H16OSSe/c1-3-14-10-9-12(15-2)11-16-13-7-5-4-6-8-13/h4-11H,3H2,1-2H3. The molecule has 0 fully saturated rings. The van der Waals surface area contributed by atoms with Crippen molar-refractivity contribution < 1.29 is 4.74 Å². The van der Waals surface area contributed by atoms with Crippen molar-refractivity contribution >= 4 is 31.2 Å². The summed E-state index contributed by atoms with van der Waals surface area (Å²) in [6.07, 6.45) is 5.88. The molecule has 1 aromatic carbocycles. The SMILES string of the molecule is CCOC=CC(=C[Se]c1ccccc1)SC. The van der Waals surface area contributed by atoms with E-state index in [-0.39, 0.29) is 0 Å². The van der Waals surface area contributed by atoms with Gasteiger partial charge in [-0.1, -0.05) is 0 Å². The molecule has 0 N–H and O–H groups in total. The molecule has 0 spiro atoms. The molecule has 0 aromatic heterocycles. The molecule has 1 rings (SSSR count). The van der Waals surface area contributed by atoms with Crippen LogP contribution in [0.3, 0.4) is 0 Å². The van der Waals surface area contributed by atoms with Crippen LogP contribution < -0.4 is 4.46 Å². The summed E-state index contributed by atoms with van der Waals surface area (Å²) < 4.78 is 6.58. The van der Waals surface area contributed by atoms with Gasteiger partial charge in [0.15, 0.2) is 0 Å². The molecule has 0 radical (unpaired) electrons. The van der Waals surface area contributed by atoms with Crippen LogP contribution in [-0.4, -0.2) is 27.8 Å². The fourth-order valence-corrected chi connectivity index (χ4v) is 3.49. The molecule has 0 heterocycles. The minimum absolute atomic E-state index is 0.399. The molecule has 16 heavy (non-hydrogen) atoms. The number of rotatable bonds is 6. The van der Waals surface area contributed by atoms with Crippen molar-refractivity contribution in [2.45, 2.75) is 6.92 Å². The summed E-state index contributed by atoms with van der Waals surface area (Å²) in [5, 5.41) is 0. The van der Waals surface area contributed by atoms with E-state index in [1.54, 1.807) is 18.0 Å². The first kappa shape index (κ1) is 13.4. The van der Waals surface area contributed by atoms with Crippen molar-refractivity contribution in [2.24, 2.45) is 0 Å². The predicted octanol–water partition coefficient (Wildman–Crippen LogP) is 2.77. The van der Waals surface area contributed by atoms with Gasteiger partial charge in [-0.25, -0.2) is 0 Å². The molecule has 0 atom stereocenters. The van der Waals surface area contributed by atoms with Crippen LogP contribution in [0.5, 0.6) is 0 Å². The summed E-state index contributed by atoms with van der Waals surface area (Å²) >= 11 is 2.15. The van der Waals surface area contributed by atoms with Crippen LogP contribution in [-0.2, 0) is 4.74 Å². The van der Waals surface area contributed by atoms with E-state index in [2.05, 4.69) is 35.5 Å². The van der Waals surface area contributed by atoms with Gasteiger partial charge in [0.1, 0.15) is 0 Å². The second-order valence-electron chi connectivity index (χ2n) is 2.91. The van der Waals surface area contributed by atoms with Crippen molar-refractivity contribution in [3.63, 3.8) is 0 Å². The number of thioether (sulfide) groups is 1. The van der Waals surface area contributed by atoms with Gasteiger partial charge >= 0.3 is 108 Å². The minimum atomic E-state index is 0.399. The summed E-state index contributed by atoms with van der Waals surface area (Å²) in [5.74, 6) is 0. The average molecular weight is 299 g/mol. The average Bonchev–Trinajstić information content (AvgIpc) is 2.35. The maximum atomic E-state index is 5.19. The van der Waals surface area contributed by atoms with Crippen LogP contribution in [0.4, 0.5) is 0 Å². The summed E-state index contributed by atoms with van der Waals surface area (Å²) in [7, 11) is 0. The zero-order valence-electron chi connectivity index (χ0n) is 9.55. The Labute approximate surface area is 108 Å². The third-order valence-electron chi connectivity index (χ3n) is 1.79. The van der Waals surface area contributed by atoms with Gasteiger partial charge in [-0.15, -0.1) is 0 Å². The number of ether oxygens (including phenoxy) is 1. The van der Waals surface area contributed by atoms with Crippen LogP contribution in [0.15, 0.2) is 52.5 Å². The van der Waals surface area contributed by atoms with E-state index in [1.165, 1.54) is 9.37 Å². The van der Waals surface area contributed by atoms with E-state index >= 15 is 0 Å². The third-order valence-corrected chi connectivity index (χ3v) is 4.77. The summed E-state index contributed by atoms with van der Waals surface area (Å²) in [6, 6.07) is 10.6. The zero-order chi connectivity index (χ0) is 11.6. The molecule has 0 amide bonds. The molecule has 1 aromatic rings. The third kappa shape index (κ3) is 5.45. The van der Waals surface area contributed by atoms with Crippen molar-refractivity contribution in [2.75, 3.05) is 12.9 Å². The summed E-state index contributed by atoms with van der Waals surface area (Å²) in [5.41, 5.74) is 0. The van der Waals surface area contributed by atoms with Gasteiger partial charge in [-0.05, 0) is 0 Å². The monoisotopic (exact) mass is 300 g/mol. The second-order valence-corrected chi connectivity index (χ2v) is 5.77. The van der Waals surface area contributed by atoms with Crippen LogP contribution in [0.1, 0.15) is 6.92 Å². The summed E-state index contributed by atoms with van der Waals surface area (Å²) in [6.45, 7) is 2.71. The van der Waals surface area contributed by atoms with E-state index in [0.29, 0.717) is 15.0 Å². The molecule has 0 unspecified atom stereocenters. The quantitative estimate of drug-likeness (QED) is 0.454. The normalized spacial score (nSPS) is 12.0. The Bertz CT molecular complexity index is 346. The molecule has 0 aliphatic rings. The van der Waals surface area contributed by atoms with Crippen LogP contribution in [0.2, 0.25) is 0 Å². The number of hydrogen-bond acceptors (Lipinski definition) is 2. The van der Waals surface area contributed by atoms with Crippen LogP contribution in [0.25, 0.3) is 0 Å². The van der Waals surface area contributed by atoms with Gasteiger partial charge in [0.25, 0.3) is 0 Å². The maximum absolute atomic E-state index is 5.19. The molecule has 1 nitrogen and oxygen atoms in total. The Morgan fingerprint density at radius 3 is 2.75 bits per heavy atom. The molecule has 3 heteroatoms. The Hall–Kier alpha value is -0.631. The molecule has 0 saturated carbocycles. The molecular weight excluding hydrogens is 283 g/mol. The molecule has 0 saturated heterocycles. The predicted molar refractivity (Wildman–Crippen MR) is 74.2 cm³/mol. The summed E-state index contributed by atoms with van der Waals surface area (Å²) in [4.78, 5) is 3.54. The van der Waals surface area contributed by atoms with Gasteiger partial charge in [0.2, 0.25) is 0 Å². The first-order valence-electron chi connectivity index (χ1n) is 5.11. The van der Waals surface area contributed by atoms with Crippen molar-refractivity contribution in [3.8, 4) is 0 Å². The van der Waals surface area contributed by atoms with Gasteiger partial charge in [0.05, 0.1) is 0 Å². The Morgan fingerprint density at radius 2 is 2.12 bits per heavy atom. The van der Waals surface area contributed by atoms with E-state index in [9.17, 15) is 0 Å². The Balaban J connectivity index is 2.53. The van der Waals surface area contributed by atoms with Crippen molar-refractivity contribution in [1.29, 1.82) is 0 Å². The van der Waals surface area contributed by atoms with Crippen LogP contribution in [0, 0.1) is 0 Å². The Kier molecular flexibility index (Phi) is 7.15. The molecule has 0 aliphatic carbocycles. The van der Waals surface area contributed by atoms with E-state index in [4.69, 9.17) is 4.74 Å². The molecule has 0 bridgehead atoms. The van der Waals surface area contributed by atoms with Gasteiger partial charge < -0.3 is 0 Å². The first-order valence-corrected chi connectivity index (χ1v) is 8.18. The fourth-order valence-electron chi connectivity index (χ4n) is 0.992. The van der Waals surface area contributed by atoms with Crippen molar-refractivity contribution in [3.05, 3.63) is 52.5 Å². The van der Waals surface area contributed by atoms with E-state index in [0.717, 1.165) is 6.61 Å². The number of benzene rings is 1. The Morgan fingerprint density at radius 1 is 1.38 bits per heavy atom. The fraction of sp³-hybridized carbons (Fsp3) is 0.231. The van der Waals surface area contributed by atoms with Gasteiger partial charge in [0, 0.05) is 0 Å². The number of hydrogen-bond donors (Lipinski definition) is 0. The van der Waals surface area contributed by atoms with Crippen molar-refractivity contribution in [1.82, 2.24) is 0 Å². The molecule has 86 valence electrons. The van der Waals surface area contributed by atoms with E-state index < -0.39 is 0 Å². The van der Waals surface area contributed by atoms with E-state index in [1.807, 2.05) is 19.1 Å². The second kappa shape index (κ2) is 8.51. The van der Waals surface area contributed by atoms with Gasteiger partial charge in [-0.3, -0.25) is 0 Å². The molecular formula is C13H16OSSe. The van der Waals surface area contributed by atoms with Gasteiger partial charge in [-0.2, -0.15) is 0 Å².